The van der Waals surface area contributed by atoms with Crippen molar-refractivity contribution in [3.8, 4) is 0 Å². The van der Waals surface area contributed by atoms with E-state index in [-0.39, 0.29) is 29.3 Å². The van der Waals surface area contributed by atoms with Crippen molar-refractivity contribution < 1.29 is 14.0 Å². The topological polar surface area (TPSA) is 78.8 Å². The molecule has 2 fully saturated rings. The summed E-state index contributed by atoms with van der Waals surface area (Å²) in [6.07, 6.45) is 1.10. The number of aromatic nitrogens is 2. The Morgan fingerprint density at radius 3 is 2.44 bits per heavy atom. The Labute approximate surface area is 212 Å². The molecular weight excluding hydrogens is 485 g/mol. The van der Waals surface area contributed by atoms with E-state index in [2.05, 4.69) is 9.88 Å². The zero-order valence-corrected chi connectivity index (χ0v) is 20.5. The first kappa shape index (κ1) is 24.2. The Bertz CT molecular complexity index is 1350. The number of hydrogen-bond donors (Lipinski definition) is 0. The molecule has 36 heavy (non-hydrogen) atoms. The number of anilines is 1. The highest BCUT2D eigenvalue weighted by Gasteiger charge is 2.24. The molecule has 0 spiro atoms. The average Bonchev–Trinajstić information content (AvgIpc) is 2.90. The third-order valence-electron chi connectivity index (χ3n) is 6.89. The van der Waals surface area contributed by atoms with Crippen LogP contribution in [-0.4, -0.2) is 76.6 Å². The number of alkyl halides is 1. The monoisotopic (exact) mass is 511 g/mol. The second-order valence-electron chi connectivity index (χ2n) is 9.22. The molecule has 2 aliphatic rings. The molecule has 0 radical (unpaired) electrons. The van der Waals surface area contributed by atoms with Gasteiger partial charge in [0, 0.05) is 55.5 Å². The molecule has 0 N–H and O–H groups in total. The minimum atomic E-state index is -0.880. The van der Waals surface area contributed by atoms with Gasteiger partial charge in [-0.1, -0.05) is 17.7 Å². The third kappa shape index (κ3) is 5.06. The Balaban J connectivity index is 1.29. The molecule has 3 aromatic rings. The van der Waals surface area contributed by atoms with Gasteiger partial charge >= 0.3 is 0 Å². The molecule has 0 atom stereocenters. The van der Waals surface area contributed by atoms with Gasteiger partial charge < -0.3 is 14.7 Å². The number of hydrogen-bond acceptors (Lipinski definition) is 5. The van der Waals surface area contributed by atoms with E-state index in [0.29, 0.717) is 68.2 Å². The molecule has 3 heterocycles. The van der Waals surface area contributed by atoms with E-state index in [9.17, 15) is 18.8 Å². The molecule has 2 amide bonds. The first-order chi connectivity index (χ1) is 17.4. The maximum Gasteiger partial charge on any atom is 0.261 e. The van der Waals surface area contributed by atoms with E-state index in [4.69, 9.17) is 11.6 Å². The van der Waals surface area contributed by atoms with E-state index in [1.54, 1.807) is 28.0 Å². The zero-order chi connectivity index (χ0) is 25.2. The Hall–Kier alpha value is -3.46. The SMILES string of the molecule is O=C(Cn1cnc2ccc(C(=O)N3CCN(c4cccc(Cl)c4)CC3)cc2c1=O)N1CCC(F)CC1. The van der Waals surface area contributed by atoms with Crippen LogP contribution in [0.2, 0.25) is 5.02 Å². The molecule has 0 saturated carbocycles. The largest absolute Gasteiger partial charge is 0.368 e. The summed E-state index contributed by atoms with van der Waals surface area (Å²) in [5.74, 6) is -0.391. The lowest BCUT2D eigenvalue weighted by atomic mass is 10.1. The molecule has 0 aliphatic carbocycles. The standard InChI is InChI=1S/C26H27ClFN5O3/c27-19-2-1-3-21(15-19)30-10-12-32(13-11-30)25(35)18-4-5-23-22(14-18)26(36)33(17-29-23)16-24(34)31-8-6-20(28)7-9-31/h1-5,14-15,17,20H,6-13,16H2. The summed E-state index contributed by atoms with van der Waals surface area (Å²) in [6.45, 7) is 2.97. The van der Waals surface area contributed by atoms with Gasteiger partial charge in [-0.2, -0.15) is 0 Å². The number of piperidine rings is 1. The van der Waals surface area contributed by atoms with Crippen molar-refractivity contribution >= 4 is 40.0 Å². The smallest absolute Gasteiger partial charge is 0.261 e. The van der Waals surface area contributed by atoms with Gasteiger partial charge in [-0.3, -0.25) is 19.0 Å². The average molecular weight is 512 g/mol. The van der Waals surface area contributed by atoms with Crippen molar-refractivity contribution in [3.63, 3.8) is 0 Å². The van der Waals surface area contributed by atoms with Crippen LogP contribution in [0.5, 0.6) is 0 Å². The Kier molecular flexibility index (Phi) is 6.91. The fraction of sp³-hybridized carbons (Fsp3) is 0.385. The first-order valence-corrected chi connectivity index (χ1v) is 12.5. The van der Waals surface area contributed by atoms with Crippen LogP contribution in [0.4, 0.5) is 10.1 Å². The lowest BCUT2D eigenvalue weighted by molar-refractivity contribution is -0.133. The summed E-state index contributed by atoms with van der Waals surface area (Å²) >= 11 is 6.11. The van der Waals surface area contributed by atoms with Crippen LogP contribution < -0.4 is 10.5 Å². The fourth-order valence-electron chi connectivity index (χ4n) is 4.77. The zero-order valence-electron chi connectivity index (χ0n) is 19.8. The van der Waals surface area contributed by atoms with E-state index in [1.807, 2.05) is 24.3 Å². The van der Waals surface area contributed by atoms with Crippen LogP contribution in [0.25, 0.3) is 10.9 Å². The number of carbonyl (C=O) groups is 2. The maximum absolute atomic E-state index is 13.4. The molecule has 0 unspecified atom stereocenters. The molecule has 188 valence electrons. The second-order valence-corrected chi connectivity index (χ2v) is 9.66. The number of halogens is 2. The first-order valence-electron chi connectivity index (χ1n) is 12.1. The van der Waals surface area contributed by atoms with Crippen LogP contribution in [-0.2, 0) is 11.3 Å². The van der Waals surface area contributed by atoms with Gasteiger partial charge in [-0.25, -0.2) is 9.37 Å². The third-order valence-corrected chi connectivity index (χ3v) is 7.13. The van der Waals surface area contributed by atoms with Gasteiger partial charge in [-0.15, -0.1) is 0 Å². The van der Waals surface area contributed by atoms with Gasteiger partial charge in [0.2, 0.25) is 5.91 Å². The van der Waals surface area contributed by atoms with Crippen LogP contribution in [0.1, 0.15) is 23.2 Å². The summed E-state index contributed by atoms with van der Waals surface area (Å²) in [7, 11) is 0. The highest BCUT2D eigenvalue weighted by molar-refractivity contribution is 6.30. The molecule has 2 saturated heterocycles. The number of fused-ring (bicyclic) bond motifs is 1. The van der Waals surface area contributed by atoms with E-state index < -0.39 is 6.17 Å². The quantitative estimate of drug-likeness (QED) is 0.538. The van der Waals surface area contributed by atoms with Gasteiger partial charge in [0.25, 0.3) is 11.5 Å². The molecular formula is C26H27ClFN5O3. The van der Waals surface area contributed by atoms with Crippen LogP contribution in [0, 0.1) is 0 Å². The van der Waals surface area contributed by atoms with E-state index in [1.165, 1.54) is 10.9 Å². The molecule has 2 aliphatic heterocycles. The minimum absolute atomic E-state index is 0.150. The summed E-state index contributed by atoms with van der Waals surface area (Å²) in [6, 6.07) is 12.5. The molecule has 2 aromatic carbocycles. The van der Waals surface area contributed by atoms with Crippen LogP contribution in [0.15, 0.2) is 53.6 Å². The summed E-state index contributed by atoms with van der Waals surface area (Å²) < 4.78 is 14.6. The van der Waals surface area contributed by atoms with Crippen molar-refractivity contribution in [1.29, 1.82) is 0 Å². The number of piperazine rings is 1. The Morgan fingerprint density at radius 1 is 0.972 bits per heavy atom. The number of nitrogens with zero attached hydrogens (tertiary/aromatic N) is 5. The van der Waals surface area contributed by atoms with Crippen LogP contribution in [0.3, 0.4) is 0 Å². The van der Waals surface area contributed by atoms with Gasteiger partial charge in [0.1, 0.15) is 12.7 Å². The minimum Gasteiger partial charge on any atom is -0.368 e. The number of amides is 2. The predicted octanol–water partition coefficient (Wildman–Crippen LogP) is 2.97. The van der Waals surface area contributed by atoms with Crippen molar-refractivity contribution in [2.45, 2.75) is 25.6 Å². The maximum atomic E-state index is 13.4. The lowest BCUT2D eigenvalue weighted by Crippen LogP contribution is -2.48. The van der Waals surface area contributed by atoms with Gasteiger partial charge in [0.05, 0.1) is 17.2 Å². The normalized spacial score (nSPS) is 17.0. The van der Waals surface area contributed by atoms with Crippen molar-refractivity contribution in [2.75, 3.05) is 44.2 Å². The molecule has 10 heteroatoms. The molecule has 0 bridgehead atoms. The number of carbonyl (C=O) groups excluding carboxylic acids is 2. The second kappa shape index (κ2) is 10.3. The molecule has 5 rings (SSSR count). The molecule has 1 aromatic heterocycles. The number of likely N-dealkylation sites (tertiary alicyclic amines) is 1. The van der Waals surface area contributed by atoms with E-state index in [0.717, 1.165) is 5.69 Å². The summed E-state index contributed by atoms with van der Waals surface area (Å²) in [5.41, 5.74) is 1.51. The lowest BCUT2D eigenvalue weighted by Gasteiger charge is -2.36. The highest BCUT2D eigenvalue weighted by atomic mass is 35.5. The van der Waals surface area contributed by atoms with Crippen LogP contribution >= 0.6 is 11.6 Å². The summed E-state index contributed by atoms with van der Waals surface area (Å²) in [5, 5.41) is 0.962. The van der Waals surface area contributed by atoms with E-state index >= 15 is 0 Å². The number of rotatable bonds is 4. The van der Waals surface area contributed by atoms with Gasteiger partial charge in [0.15, 0.2) is 0 Å². The predicted molar refractivity (Wildman–Crippen MR) is 136 cm³/mol. The summed E-state index contributed by atoms with van der Waals surface area (Å²) in [4.78, 5) is 48.8. The van der Waals surface area contributed by atoms with Crippen molar-refractivity contribution in [3.05, 3.63) is 69.7 Å². The van der Waals surface area contributed by atoms with Crippen molar-refractivity contribution in [2.24, 2.45) is 0 Å². The molecule has 8 nitrogen and oxygen atoms in total. The highest BCUT2D eigenvalue weighted by Crippen LogP contribution is 2.22. The number of benzene rings is 2. The van der Waals surface area contributed by atoms with Crippen molar-refractivity contribution in [1.82, 2.24) is 19.4 Å². The Morgan fingerprint density at radius 2 is 1.72 bits per heavy atom. The van der Waals surface area contributed by atoms with Gasteiger partial charge in [-0.05, 0) is 49.2 Å². The fourth-order valence-corrected chi connectivity index (χ4v) is 4.96.